The van der Waals surface area contributed by atoms with Crippen molar-refractivity contribution in [2.24, 2.45) is 0 Å². The monoisotopic (exact) mass is 318 g/mol. The summed E-state index contributed by atoms with van der Waals surface area (Å²) in [5, 5.41) is 19.6. The van der Waals surface area contributed by atoms with Crippen LogP contribution < -0.4 is 10.4 Å². The number of benzene rings is 1. The number of hydrogen-bond donors (Lipinski definition) is 2. The van der Waals surface area contributed by atoms with Gasteiger partial charge < -0.3 is 19.4 Å². The molecule has 1 heterocycles. The van der Waals surface area contributed by atoms with Crippen LogP contribution in [0.4, 0.5) is 0 Å². The lowest BCUT2D eigenvalue weighted by atomic mass is 10.1. The minimum Gasteiger partial charge on any atom is -0.507 e. The minimum absolute atomic E-state index is 0.0606. The normalized spacial score (nSPS) is 10.7. The zero-order chi connectivity index (χ0) is 16.8. The molecule has 0 unspecified atom stereocenters. The molecule has 0 fully saturated rings. The molecule has 1 aromatic carbocycles. The van der Waals surface area contributed by atoms with Crippen molar-refractivity contribution in [3.05, 3.63) is 45.8 Å². The number of rotatable bonds is 7. The van der Waals surface area contributed by atoms with Gasteiger partial charge in [0.05, 0.1) is 17.6 Å². The van der Waals surface area contributed by atoms with Gasteiger partial charge in [0, 0.05) is 13.0 Å². The Kier molecular flexibility index (Phi) is 5.82. The number of aliphatic hydroxyl groups is 1. The van der Waals surface area contributed by atoms with Gasteiger partial charge in [-0.05, 0) is 44.9 Å². The van der Waals surface area contributed by atoms with Crippen molar-refractivity contribution in [3.8, 4) is 11.5 Å². The van der Waals surface area contributed by atoms with Crippen molar-refractivity contribution in [3.63, 3.8) is 0 Å². The number of ether oxygens (including phenoxy) is 1. The average Bonchev–Trinajstić information content (AvgIpc) is 2.51. The number of hydrogen-bond acceptors (Lipinski definition) is 5. The number of unbranched alkanes of at least 4 members (excludes halogenated alkanes) is 1. The van der Waals surface area contributed by atoms with Gasteiger partial charge in [0.2, 0.25) is 0 Å². The summed E-state index contributed by atoms with van der Waals surface area (Å²) in [4.78, 5) is 12.0. The van der Waals surface area contributed by atoms with Crippen LogP contribution in [0.3, 0.4) is 0 Å². The van der Waals surface area contributed by atoms with Gasteiger partial charge in [-0.2, -0.15) is 0 Å². The lowest BCUT2D eigenvalue weighted by Gasteiger charge is -2.09. The van der Waals surface area contributed by atoms with Crippen molar-refractivity contribution in [2.75, 3.05) is 13.2 Å². The van der Waals surface area contributed by atoms with E-state index in [9.17, 15) is 9.90 Å². The Morgan fingerprint density at radius 2 is 2.09 bits per heavy atom. The summed E-state index contributed by atoms with van der Waals surface area (Å²) in [6, 6.07) is 4.97. The van der Waals surface area contributed by atoms with Crippen LogP contribution in [0.25, 0.3) is 11.0 Å². The van der Waals surface area contributed by atoms with E-state index in [4.69, 9.17) is 14.3 Å². The van der Waals surface area contributed by atoms with Gasteiger partial charge in [0.1, 0.15) is 17.1 Å². The Morgan fingerprint density at radius 1 is 1.30 bits per heavy atom. The van der Waals surface area contributed by atoms with Gasteiger partial charge in [-0.15, -0.1) is 0 Å². The first kappa shape index (κ1) is 17.1. The molecule has 23 heavy (non-hydrogen) atoms. The first-order chi connectivity index (χ1) is 11.0. The Balaban J connectivity index is 2.32. The van der Waals surface area contributed by atoms with E-state index >= 15 is 0 Å². The molecule has 2 rings (SSSR count). The molecule has 0 atom stereocenters. The van der Waals surface area contributed by atoms with Crippen LogP contribution in [0.15, 0.2) is 39.1 Å². The second-order valence-electron chi connectivity index (χ2n) is 5.64. The van der Waals surface area contributed by atoms with E-state index in [0.29, 0.717) is 36.2 Å². The molecule has 0 saturated carbocycles. The molecule has 2 aromatic rings. The predicted octanol–water partition coefficient (Wildman–Crippen LogP) is 3.16. The SMILES string of the molecule is CC(C)=CCc1c(O)c2cc(OCCCCO)ccc2oc1=O. The molecule has 0 radical (unpaired) electrons. The molecule has 2 N–H and O–H groups in total. The maximum Gasteiger partial charge on any atom is 0.343 e. The van der Waals surface area contributed by atoms with E-state index in [2.05, 4.69) is 0 Å². The number of allylic oxidation sites excluding steroid dienone is 2. The van der Waals surface area contributed by atoms with Crippen molar-refractivity contribution >= 4 is 11.0 Å². The standard InChI is InChI=1S/C18H22O5/c1-12(2)5-7-14-17(20)15-11-13(22-10-4-3-9-19)6-8-16(15)23-18(14)21/h5-6,8,11,19-20H,3-4,7,9-10H2,1-2H3. The molecule has 0 bridgehead atoms. The second-order valence-corrected chi connectivity index (χ2v) is 5.64. The van der Waals surface area contributed by atoms with Crippen LogP contribution in [0.5, 0.6) is 11.5 Å². The van der Waals surface area contributed by atoms with Gasteiger partial charge >= 0.3 is 5.63 Å². The number of fused-ring (bicyclic) bond motifs is 1. The van der Waals surface area contributed by atoms with Gasteiger partial charge in [-0.25, -0.2) is 4.79 Å². The molecule has 1 aromatic heterocycles. The summed E-state index contributed by atoms with van der Waals surface area (Å²) < 4.78 is 10.9. The highest BCUT2D eigenvalue weighted by atomic mass is 16.5. The van der Waals surface area contributed by atoms with Gasteiger partial charge in [-0.1, -0.05) is 11.6 Å². The molecule has 0 aliphatic heterocycles. The Hall–Kier alpha value is -2.27. The summed E-state index contributed by atoms with van der Waals surface area (Å²) in [6.45, 7) is 4.48. The van der Waals surface area contributed by atoms with E-state index in [1.807, 2.05) is 19.9 Å². The lowest BCUT2D eigenvalue weighted by Crippen LogP contribution is -2.07. The van der Waals surface area contributed by atoms with Gasteiger partial charge in [-0.3, -0.25) is 0 Å². The summed E-state index contributed by atoms with van der Waals surface area (Å²) in [5.41, 5.74) is 1.11. The third-order valence-electron chi connectivity index (χ3n) is 3.48. The van der Waals surface area contributed by atoms with Gasteiger partial charge in [0.15, 0.2) is 0 Å². The van der Waals surface area contributed by atoms with Crippen LogP contribution in [0.2, 0.25) is 0 Å². The molecular formula is C18H22O5. The van der Waals surface area contributed by atoms with E-state index in [0.717, 1.165) is 12.0 Å². The van der Waals surface area contributed by atoms with E-state index in [1.54, 1.807) is 18.2 Å². The summed E-state index contributed by atoms with van der Waals surface area (Å²) in [7, 11) is 0. The highest BCUT2D eigenvalue weighted by Gasteiger charge is 2.13. The topological polar surface area (TPSA) is 79.9 Å². The van der Waals surface area contributed by atoms with Gasteiger partial charge in [0.25, 0.3) is 0 Å². The zero-order valence-electron chi connectivity index (χ0n) is 13.5. The van der Waals surface area contributed by atoms with Crippen LogP contribution in [0.1, 0.15) is 32.3 Å². The zero-order valence-corrected chi connectivity index (χ0v) is 13.5. The molecule has 124 valence electrons. The summed E-state index contributed by atoms with van der Waals surface area (Å²) in [5.74, 6) is 0.530. The maximum atomic E-state index is 12.0. The van der Waals surface area contributed by atoms with Crippen LogP contribution >= 0.6 is 0 Å². The lowest BCUT2D eigenvalue weighted by molar-refractivity contribution is 0.253. The highest BCUT2D eigenvalue weighted by molar-refractivity contribution is 5.85. The smallest absolute Gasteiger partial charge is 0.343 e. The first-order valence-corrected chi connectivity index (χ1v) is 7.68. The molecular weight excluding hydrogens is 296 g/mol. The third-order valence-corrected chi connectivity index (χ3v) is 3.48. The summed E-state index contributed by atoms with van der Waals surface area (Å²) >= 11 is 0. The molecule has 0 amide bonds. The molecule has 5 heteroatoms. The molecule has 0 aliphatic carbocycles. The largest absolute Gasteiger partial charge is 0.507 e. The molecule has 5 nitrogen and oxygen atoms in total. The second kappa shape index (κ2) is 7.83. The van der Waals surface area contributed by atoms with Crippen LogP contribution in [0, 0.1) is 0 Å². The van der Waals surface area contributed by atoms with E-state index in [-0.39, 0.29) is 17.9 Å². The molecule has 0 aliphatic rings. The predicted molar refractivity (Wildman–Crippen MR) is 89.1 cm³/mol. The number of aliphatic hydroxyl groups excluding tert-OH is 1. The van der Waals surface area contributed by atoms with Crippen molar-refractivity contribution < 1.29 is 19.4 Å². The molecule has 0 spiro atoms. The maximum absolute atomic E-state index is 12.0. The highest BCUT2D eigenvalue weighted by Crippen LogP contribution is 2.30. The fourth-order valence-electron chi connectivity index (χ4n) is 2.18. The fourth-order valence-corrected chi connectivity index (χ4v) is 2.18. The quantitative estimate of drug-likeness (QED) is 0.466. The summed E-state index contributed by atoms with van der Waals surface area (Å²) in [6.07, 6.45) is 3.62. The van der Waals surface area contributed by atoms with E-state index in [1.165, 1.54) is 0 Å². The minimum atomic E-state index is -0.524. The average molecular weight is 318 g/mol. The van der Waals surface area contributed by atoms with Crippen LogP contribution in [-0.2, 0) is 6.42 Å². The van der Waals surface area contributed by atoms with Crippen LogP contribution in [-0.4, -0.2) is 23.4 Å². The number of aromatic hydroxyl groups is 1. The Labute approximate surface area is 134 Å². The Bertz CT molecular complexity index is 754. The first-order valence-electron chi connectivity index (χ1n) is 7.68. The third kappa shape index (κ3) is 4.36. The Morgan fingerprint density at radius 3 is 2.78 bits per heavy atom. The van der Waals surface area contributed by atoms with Crippen molar-refractivity contribution in [2.45, 2.75) is 33.1 Å². The van der Waals surface area contributed by atoms with Crippen molar-refractivity contribution in [1.29, 1.82) is 0 Å². The van der Waals surface area contributed by atoms with E-state index < -0.39 is 5.63 Å². The van der Waals surface area contributed by atoms with Crippen molar-refractivity contribution in [1.82, 2.24) is 0 Å². The fraction of sp³-hybridized carbons (Fsp3) is 0.389. The molecule has 0 saturated heterocycles.